The summed E-state index contributed by atoms with van der Waals surface area (Å²) in [5, 5.41) is 3.89. The van der Waals surface area contributed by atoms with Gasteiger partial charge in [-0.1, -0.05) is 5.16 Å². The Balaban J connectivity index is 2.19. The molecule has 2 rings (SSSR count). The molecule has 1 fully saturated rings. The molecule has 0 radical (unpaired) electrons. The molecule has 0 bridgehead atoms. The van der Waals surface area contributed by atoms with E-state index >= 15 is 0 Å². The third-order valence-electron chi connectivity index (χ3n) is 2.50. The van der Waals surface area contributed by atoms with E-state index in [2.05, 4.69) is 17.1 Å². The zero-order valence-electron chi connectivity index (χ0n) is 7.58. The Kier molecular flexibility index (Phi) is 1.89. The zero-order valence-corrected chi connectivity index (χ0v) is 7.58. The molecule has 1 aromatic heterocycles. The summed E-state index contributed by atoms with van der Waals surface area (Å²) in [4.78, 5) is 2.32. The lowest BCUT2D eigenvalue weighted by Gasteiger charge is -2.15. The van der Waals surface area contributed by atoms with Crippen LogP contribution in [0, 0.1) is 6.92 Å². The molecule has 3 heteroatoms. The highest BCUT2D eigenvalue weighted by atomic mass is 16.5. The van der Waals surface area contributed by atoms with Gasteiger partial charge in [0.1, 0.15) is 0 Å². The Bertz CT molecular complexity index is 269. The van der Waals surface area contributed by atoms with Crippen LogP contribution in [0.25, 0.3) is 0 Å². The number of hydrogen-bond acceptors (Lipinski definition) is 3. The maximum absolute atomic E-state index is 5.23. The first-order chi connectivity index (χ1) is 5.77. The molecule has 0 spiro atoms. The van der Waals surface area contributed by atoms with Crippen molar-refractivity contribution in [1.29, 1.82) is 0 Å². The molecule has 66 valence electrons. The molecule has 0 unspecified atom stereocenters. The Morgan fingerprint density at radius 2 is 2.58 bits per heavy atom. The van der Waals surface area contributed by atoms with Crippen LogP contribution in [-0.2, 0) is 0 Å². The molecule has 1 aliphatic heterocycles. The van der Waals surface area contributed by atoms with Crippen molar-refractivity contribution in [2.24, 2.45) is 0 Å². The maximum Gasteiger partial charge on any atom is 0.154 e. The van der Waals surface area contributed by atoms with Crippen LogP contribution in [0.1, 0.15) is 30.3 Å². The summed E-state index contributed by atoms with van der Waals surface area (Å²) in [7, 11) is 2.13. The van der Waals surface area contributed by atoms with E-state index in [-0.39, 0.29) is 0 Å². The standard InChI is InChI=1S/C9H14N2O/c1-7-6-9(12-10-7)8-4-3-5-11(8)2/h6,8H,3-5H2,1-2H3/t8-/m0/s1/i1+2,6+2. The lowest BCUT2D eigenvalue weighted by molar-refractivity contribution is 0.251. The zero-order chi connectivity index (χ0) is 8.55. The predicted octanol–water partition coefficient (Wildman–Crippen LogP) is 1.75. The molecule has 0 amide bonds. The minimum Gasteiger partial charge on any atom is -0.359 e. The van der Waals surface area contributed by atoms with E-state index in [1.165, 1.54) is 19.4 Å². The summed E-state index contributed by atoms with van der Waals surface area (Å²) in [5.74, 6) is 1.02. The molecule has 12 heavy (non-hydrogen) atoms. The molecule has 1 atom stereocenters. The van der Waals surface area contributed by atoms with Crippen molar-refractivity contribution in [3.8, 4) is 0 Å². The van der Waals surface area contributed by atoms with Gasteiger partial charge in [0.25, 0.3) is 0 Å². The van der Waals surface area contributed by atoms with E-state index in [1.54, 1.807) is 0 Å². The monoisotopic (exact) mass is 170 g/mol. The van der Waals surface area contributed by atoms with Gasteiger partial charge in [-0.3, -0.25) is 4.90 Å². The topological polar surface area (TPSA) is 29.3 Å². The fourth-order valence-corrected chi connectivity index (χ4v) is 1.81. The highest BCUT2D eigenvalue weighted by Gasteiger charge is 2.25. The highest BCUT2D eigenvalue weighted by molar-refractivity contribution is 5.09. The largest absolute Gasteiger partial charge is 0.359 e. The van der Waals surface area contributed by atoms with Crippen LogP contribution in [0.2, 0.25) is 0 Å². The molecule has 2 heterocycles. The number of aryl methyl sites for hydroxylation is 1. The lowest BCUT2D eigenvalue weighted by atomic mass is 10.2. The van der Waals surface area contributed by atoms with E-state index in [0.29, 0.717) is 6.04 Å². The van der Waals surface area contributed by atoms with Crippen LogP contribution in [-0.4, -0.2) is 23.6 Å². The Morgan fingerprint density at radius 3 is 3.08 bits per heavy atom. The highest BCUT2D eigenvalue weighted by Crippen LogP contribution is 2.30. The smallest absolute Gasteiger partial charge is 0.154 e. The Labute approximate surface area is 72.3 Å². The molecule has 1 aliphatic rings. The minimum atomic E-state index is 0.464. The van der Waals surface area contributed by atoms with E-state index < -0.39 is 0 Å². The summed E-state index contributed by atoms with van der Waals surface area (Å²) in [6.45, 7) is 3.13. The molecular weight excluding hydrogens is 156 g/mol. The second-order valence-electron chi connectivity index (χ2n) is 3.51. The van der Waals surface area contributed by atoms with Gasteiger partial charge in [0.2, 0.25) is 0 Å². The lowest BCUT2D eigenvalue weighted by Crippen LogP contribution is -2.16. The summed E-state index contributed by atoms with van der Waals surface area (Å²) in [6.07, 6.45) is 2.46. The van der Waals surface area contributed by atoms with Crippen LogP contribution in [0.15, 0.2) is 10.6 Å². The quantitative estimate of drug-likeness (QED) is 0.643. The Hall–Kier alpha value is -0.830. The van der Waals surface area contributed by atoms with Gasteiger partial charge in [0.05, 0.1) is 11.7 Å². The van der Waals surface area contributed by atoms with Crippen molar-refractivity contribution >= 4 is 0 Å². The van der Waals surface area contributed by atoms with Crippen LogP contribution in [0.4, 0.5) is 0 Å². The average molecular weight is 170 g/mol. The number of likely N-dealkylation sites (tertiary alicyclic amines) is 1. The van der Waals surface area contributed by atoms with Gasteiger partial charge in [0, 0.05) is 6.07 Å². The number of hydrogen-bond donors (Lipinski definition) is 0. The molecular formula is C9H14N2O. The van der Waals surface area contributed by atoms with Crippen molar-refractivity contribution in [3.05, 3.63) is 17.5 Å². The van der Waals surface area contributed by atoms with E-state index in [1.807, 2.05) is 13.0 Å². The van der Waals surface area contributed by atoms with Crippen molar-refractivity contribution in [3.63, 3.8) is 0 Å². The fourth-order valence-electron chi connectivity index (χ4n) is 1.81. The second kappa shape index (κ2) is 2.90. The molecule has 0 N–H and O–H groups in total. The second-order valence-corrected chi connectivity index (χ2v) is 3.51. The summed E-state index contributed by atoms with van der Waals surface area (Å²) < 4.78 is 5.23. The van der Waals surface area contributed by atoms with Crippen LogP contribution < -0.4 is 0 Å². The first kappa shape index (κ1) is 7.80. The summed E-state index contributed by atoms with van der Waals surface area (Å²) in [5.41, 5.74) is 0.977. The van der Waals surface area contributed by atoms with Crippen molar-refractivity contribution in [2.45, 2.75) is 25.8 Å². The predicted molar refractivity (Wildman–Crippen MR) is 45.8 cm³/mol. The van der Waals surface area contributed by atoms with Gasteiger partial charge in [0.15, 0.2) is 5.76 Å². The van der Waals surface area contributed by atoms with E-state index in [4.69, 9.17) is 4.52 Å². The van der Waals surface area contributed by atoms with Gasteiger partial charge in [-0.05, 0) is 33.4 Å². The third-order valence-corrected chi connectivity index (χ3v) is 2.50. The van der Waals surface area contributed by atoms with Gasteiger partial charge >= 0.3 is 0 Å². The number of rotatable bonds is 1. The van der Waals surface area contributed by atoms with E-state index in [0.717, 1.165) is 11.5 Å². The number of aromatic nitrogens is 1. The van der Waals surface area contributed by atoms with Crippen LogP contribution in [0.3, 0.4) is 0 Å². The molecule has 3 nitrogen and oxygen atoms in total. The van der Waals surface area contributed by atoms with Gasteiger partial charge in [-0.25, -0.2) is 0 Å². The first-order valence-electron chi connectivity index (χ1n) is 4.41. The normalized spacial score (nSPS) is 25.0. The average Bonchev–Trinajstić information content (AvgIpc) is 2.58. The fraction of sp³-hybridized carbons (Fsp3) is 0.667. The first-order valence-corrected chi connectivity index (χ1v) is 4.41. The molecule has 1 saturated heterocycles. The number of nitrogens with zero attached hydrogens (tertiary/aromatic N) is 2. The molecule has 0 saturated carbocycles. The van der Waals surface area contributed by atoms with Crippen molar-refractivity contribution in [2.75, 3.05) is 13.6 Å². The van der Waals surface area contributed by atoms with Crippen molar-refractivity contribution < 1.29 is 4.52 Å². The Morgan fingerprint density at radius 1 is 1.75 bits per heavy atom. The van der Waals surface area contributed by atoms with E-state index in [9.17, 15) is 0 Å². The van der Waals surface area contributed by atoms with Gasteiger partial charge < -0.3 is 4.52 Å². The summed E-state index contributed by atoms with van der Waals surface area (Å²) in [6, 6.07) is 2.50. The molecule has 0 aliphatic carbocycles. The SMILES string of the molecule is CN1CCC[C@H]1c1[14cH]c([14CH3])no1. The maximum atomic E-state index is 5.23. The van der Waals surface area contributed by atoms with Gasteiger partial charge in [-0.15, -0.1) is 0 Å². The van der Waals surface area contributed by atoms with Crippen molar-refractivity contribution in [1.82, 2.24) is 10.1 Å². The van der Waals surface area contributed by atoms with Crippen LogP contribution in [0.5, 0.6) is 0 Å². The van der Waals surface area contributed by atoms with Gasteiger partial charge in [-0.2, -0.15) is 0 Å². The van der Waals surface area contributed by atoms with Crippen LogP contribution >= 0.6 is 0 Å². The molecule has 1 aromatic rings. The third kappa shape index (κ3) is 1.25. The molecule has 0 aromatic carbocycles. The minimum absolute atomic E-state index is 0.464. The summed E-state index contributed by atoms with van der Waals surface area (Å²) >= 11 is 0.